The number of alkyl halides is 3. The number of esters is 1. The topological polar surface area (TPSA) is 55.4 Å². The lowest BCUT2D eigenvalue weighted by atomic mass is 10.1. The molecule has 0 aliphatic carbocycles. The fourth-order valence-corrected chi connectivity index (χ4v) is 1.62. The van der Waals surface area contributed by atoms with Crippen molar-refractivity contribution in [2.75, 3.05) is 6.54 Å². The highest BCUT2D eigenvalue weighted by Gasteiger charge is 2.34. The zero-order valence-electron chi connectivity index (χ0n) is 11.7. The van der Waals surface area contributed by atoms with Gasteiger partial charge in [-0.05, 0) is 26.0 Å². The van der Waals surface area contributed by atoms with Crippen molar-refractivity contribution in [1.29, 1.82) is 0 Å². The standard InChI is InChI=1S/C14H16F3NO3/c1-9(2)21-12(19)7-8-18-13(20)10-5-3-4-6-11(10)14(15,16)17/h3-6,9H,7-8H2,1-2H3,(H,18,20). The maximum atomic E-state index is 12.7. The van der Waals surface area contributed by atoms with Crippen molar-refractivity contribution in [3.8, 4) is 0 Å². The van der Waals surface area contributed by atoms with Crippen LogP contribution in [-0.2, 0) is 15.7 Å². The molecule has 1 aromatic carbocycles. The van der Waals surface area contributed by atoms with Crippen LogP contribution in [0, 0.1) is 0 Å². The zero-order chi connectivity index (χ0) is 16.0. The van der Waals surface area contributed by atoms with Gasteiger partial charge in [0.1, 0.15) is 0 Å². The summed E-state index contributed by atoms with van der Waals surface area (Å²) in [5.74, 6) is -1.39. The van der Waals surface area contributed by atoms with E-state index in [2.05, 4.69) is 5.32 Å². The molecular weight excluding hydrogens is 287 g/mol. The second kappa shape index (κ2) is 7.10. The number of rotatable bonds is 5. The minimum atomic E-state index is -4.61. The number of nitrogens with one attached hydrogen (secondary N) is 1. The predicted octanol–water partition coefficient (Wildman–Crippen LogP) is 2.78. The van der Waals surface area contributed by atoms with Crippen LogP contribution in [0.25, 0.3) is 0 Å². The van der Waals surface area contributed by atoms with E-state index in [1.54, 1.807) is 13.8 Å². The number of halogens is 3. The summed E-state index contributed by atoms with van der Waals surface area (Å²) >= 11 is 0. The highest BCUT2D eigenvalue weighted by atomic mass is 19.4. The summed E-state index contributed by atoms with van der Waals surface area (Å²) in [7, 11) is 0. The molecule has 1 amide bonds. The first-order chi connectivity index (χ1) is 9.71. The van der Waals surface area contributed by atoms with Crippen LogP contribution in [0.1, 0.15) is 36.2 Å². The second-order valence-electron chi connectivity index (χ2n) is 4.59. The SMILES string of the molecule is CC(C)OC(=O)CCNC(=O)c1ccccc1C(F)(F)F. The number of carbonyl (C=O) groups is 2. The van der Waals surface area contributed by atoms with E-state index in [1.165, 1.54) is 12.1 Å². The second-order valence-corrected chi connectivity index (χ2v) is 4.59. The van der Waals surface area contributed by atoms with E-state index in [9.17, 15) is 22.8 Å². The first-order valence-electron chi connectivity index (χ1n) is 6.35. The molecule has 116 valence electrons. The van der Waals surface area contributed by atoms with Gasteiger partial charge in [0.15, 0.2) is 0 Å². The summed E-state index contributed by atoms with van der Waals surface area (Å²) in [5.41, 5.74) is -1.48. The number of hydrogen-bond acceptors (Lipinski definition) is 3. The Kier molecular flexibility index (Phi) is 5.75. The molecular formula is C14H16F3NO3. The summed E-state index contributed by atoms with van der Waals surface area (Å²) in [5, 5.41) is 2.28. The van der Waals surface area contributed by atoms with Crippen molar-refractivity contribution in [2.45, 2.75) is 32.5 Å². The molecule has 21 heavy (non-hydrogen) atoms. The fourth-order valence-electron chi connectivity index (χ4n) is 1.62. The Morgan fingerprint density at radius 2 is 1.86 bits per heavy atom. The van der Waals surface area contributed by atoms with Gasteiger partial charge in [0.25, 0.3) is 5.91 Å². The molecule has 0 bridgehead atoms. The average molecular weight is 303 g/mol. The third-order valence-corrected chi connectivity index (χ3v) is 2.46. The summed E-state index contributed by atoms with van der Waals surface area (Å²) in [6.07, 6.45) is -4.98. The Labute approximate surface area is 120 Å². The Hall–Kier alpha value is -2.05. The van der Waals surface area contributed by atoms with Gasteiger partial charge in [-0.1, -0.05) is 12.1 Å². The van der Waals surface area contributed by atoms with Gasteiger partial charge in [-0.25, -0.2) is 0 Å². The molecule has 0 atom stereocenters. The van der Waals surface area contributed by atoms with Crippen LogP contribution in [0.5, 0.6) is 0 Å². The molecule has 0 aliphatic rings. The molecule has 0 saturated carbocycles. The van der Waals surface area contributed by atoms with Gasteiger partial charge < -0.3 is 10.1 Å². The highest BCUT2D eigenvalue weighted by Crippen LogP contribution is 2.31. The summed E-state index contributed by atoms with van der Waals surface area (Å²) in [6, 6.07) is 4.48. The number of ether oxygens (including phenoxy) is 1. The molecule has 0 spiro atoms. The molecule has 1 N–H and O–H groups in total. The van der Waals surface area contributed by atoms with Crippen molar-refractivity contribution in [3.05, 3.63) is 35.4 Å². The van der Waals surface area contributed by atoms with Crippen LogP contribution in [0.3, 0.4) is 0 Å². The number of amides is 1. The van der Waals surface area contributed by atoms with E-state index in [0.717, 1.165) is 12.1 Å². The number of hydrogen-bond donors (Lipinski definition) is 1. The molecule has 0 heterocycles. The highest BCUT2D eigenvalue weighted by molar-refractivity contribution is 5.96. The smallest absolute Gasteiger partial charge is 0.417 e. The van der Waals surface area contributed by atoms with E-state index in [0.29, 0.717) is 0 Å². The summed E-state index contributed by atoms with van der Waals surface area (Å²) in [6.45, 7) is 3.27. The first-order valence-corrected chi connectivity index (χ1v) is 6.35. The molecule has 0 saturated heterocycles. The van der Waals surface area contributed by atoms with Crippen molar-refractivity contribution in [2.24, 2.45) is 0 Å². The molecule has 0 fully saturated rings. The van der Waals surface area contributed by atoms with Crippen LogP contribution in [0.15, 0.2) is 24.3 Å². The zero-order valence-corrected chi connectivity index (χ0v) is 11.7. The van der Waals surface area contributed by atoms with Gasteiger partial charge in [-0.2, -0.15) is 13.2 Å². The molecule has 7 heteroatoms. The summed E-state index contributed by atoms with van der Waals surface area (Å²) < 4.78 is 43.1. The Bertz CT molecular complexity index is 512. The maximum Gasteiger partial charge on any atom is 0.417 e. The molecule has 4 nitrogen and oxygen atoms in total. The van der Waals surface area contributed by atoms with Crippen molar-refractivity contribution in [3.63, 3.8) is 0 Å². The lowest BCUT2D eigenvalue weighted by Gasteiger charge is -2.12. The van der Waals surface area contributed by atoms with Crippen LogP contribution in [-0.4, -0.2) is 24.5 Å². The third kappa shape index (κ3) is 5.45. The maximum absolute atomic E-state index is 12.7. The van der Waals surface area contributed by atoms with E-state index in [4.69, 9.17) is 4.74 Å². The number of benzene rings is 1. The van der Waals surface area contributed by atoms with Crippen LogP contribution >= 0.6 is 0 Å². The quantitative estimate of drug-likeness (QED) is 0.851. The average Bonchev–Trinajstić information content (AvgIpc) is 2.36. The van der Waals surface area contributed by atoms with Gasteiger partial charge in [-0.3, -0.25) is 9.59 Å². The van der Waals surface area contributed by atoms with Crippen LogP contribution in [0.2, 0.25) is 0 Å². The van der Waals surface area contributed by atoms with E-state index < -0.39 is 29.2 Å². The monoisotopic (exact) mass is 303 g/mol. The minimum absolute atomic E-state index is 0.0867. The predicted molar refractivity (Wildman–Crippen MR) is 69.6 cm³/mol. The van der Waals surface area contributed by atoms with Gasteiger partial charge >= 0.3 is 12.1 Å². The Morgan fingerprint density at radius 3 is 2.43 bits per heavy atom. The van der Waals surface area contributed by atoms with Crippen LogP contribution < -0.4 is 5.32 Å². The van der Waals surface area contributed by atoms with Crippen molar-refractivity contribution in [1.82, 2.24) is 5.32 Å². The van der Waals surface area contributed by atoms with Crippen molar-refractivity contribution < 1.29 is 27.5 Å². The van der Waals surface area contributed by atoms with E-state index >= 15 is 0 Å². The van der Waals surface area contributed by atoms with Gasteiger partial charge in [0.05, 0.1) is 23.7 Å². The molecule has 1 aromatic rings. The normalized spacial score (nSPS) is 11.3. The largest absolute Gasteiger partial charge is 0.463 e. The molecule has 0 aliphatic heterocycles. The number of carbonyl (C=O) groups excluding carboxylic acids is 2. The third-order valence-electron chi connectivity index (χ3n) is 2.46. The van der Waals surface area contributed by atoms with Gasteiger partial charge in [0, 0.05) is 6.54 Å². The van der Waals surface area contributed by atoms with Gasteiger partial charge in [-0.15, -0.1) is 0 Å². The van der Waals surface area contributed by atoms with Crippen LogP contribution in [0.4, 0.5) is 13.2 Å². The lowest BCUT2D eigenvalue weighted by molar-refractivity contribution is -0.147. The summed E-state index contributed by atoms with van der Waals surface area (Å²) in [4.78, 5) is 23.0. The van der Waals surface area contributed by atoms with E-state index in [1.807, 2.05) is 0 Å². The molecule has 0 unspecified atom stereocenters. The first kappa shape index (κ1) is 17.0. The fraction of sp³-hybridized carbons (Fsp3) is 0.429. The lowest BCUT2D eigenvalue weighted by Crippen LogP contribution is -2.29. The minimum Gasteiger partial charge on any atom is -0.463 e. The molecule has 0 radical (unpaired) electrons. The van der Waals surface area contributed by atoms with E-state index in [-0.39, 0.29) is 19.1 Å². The Morgan fingerprint density at radius 1 is 1.24 bits per heavy atom. The van der Waals surface area contributed by atoms with Gasteiger partial charge in [0.2, 0.25) is 0 Å². The molecule has 0 aromatic heterocycles. The Balaban J connectivity index is 2.63. The van der Waals surface area contributed by atoms with Crippen molar-refractivity contribution >= 4 is 11.9 Å². The molecule has 1 rings (SSSR count).